The summed E-state index contributed by atoms with van der Waals surface area (Å²) in [7, 11) is 0. The monoisotopic (exact) mass is 264 g/mol. The molecule has 0 N–H and O–H groups in total. The lowest BCUT2D eigenvalue weighted by atomic mass is 9.55. The van der Waals surface area contributed by atoms with Crippen LogP contribution >= 0.6 is 0 Å². The molecule has 2 heteroatoms. The van der Waals surface area contributed by atoms with E-state index in [-0.39, 0.29) is 0 Å². The van der Waals surface area contributed by atoms with E-state index in [1.807, 2.05) is 0 Å². The lowest BCUT2D eigenvalue weighted by Gasteiger charge is -2.53. The van der Waals surface area contributed by atoms with Crippen LogP contribution in [0.3, 0.4) is 0 Å². The molecule has 0 aromatic rings. The van der Waals surface area contributed by atoms with E-state index in [0.29, 0.717) is 12.2 Å². The van der Waals surface area contributed by atoms with Crippen LogP contribution in [-0.2, 0) is 9.78 Å². The Morgan fingerprint density at radius 3 is 2.05 bits per heavy atom. The van der Waals surface area contributed by atoms with Crippen LogP contribution in [0.4, 0.5) is 0 Å². The summed E-state index contributed by atoms with van der Waals surface area (Å²) in [5.74, 6) is 4.50. The second-order valence-corrected chi connectivity index (χ2v) is 7.98. The van der Waals surface area contributed by atoms with Gasteiger partial charge >= 0.3 is 0 Å². The van der Waals surface area contributed by atoms with Crippen molar-refractivity contribution in [2.75, 3.05) is 0 Å². The van der Waals surface area contributed by atoms with Gasteiger partial charge in [-0.05, 0) is 74.5 Å². The van der Waals surface area contributed by atoms with E-state index in [2.05, 4.69) is 6.92 Å². The number of hydrogen-bond acceptors (Lipinski definition) is 2. The molecule has 0 aromatic heterocycles. The molecular weight excluding hydrogens is 236 g/mol. The fraction of sp³-hybridized carbons (Fsp3) is 1.00. The first-order valence-electron chi connectivity index (χ1n) is 8.60. The molecule has 1 unspecified atom stereocenters. The second kappa shape index (κ2) is 5.04. The average Bonchev–Trinajstić information content (AvgIpc) is 2.37. The molecule has 0 radical (unpaired) electrons. The van der Waals surface area contributed by atoms with Gasteiger partial charge in [-0.25, -0.2) is 9.78 Å². The minimum Gasteiger partial charge on any atom is -0.233 e. The van der Waals surface area contributed by atoms with Crippen LogP contribution in [0.25, 0.3) is 0 Å². The standard InChI is InChI=1S/C17H28O2/c1-11-3-2-4-16(5-11)18-19-17-14-7-12-6-13(9-14)10-15(17)8-12/h11-17H,2-10H2,1H3/t11?,12?,13?,14?,15?,16-,17?/m1/s1. The summed E-state index contributed by atoms with van der Waals surface area (Å²) in [5.41, 5.74) is 0. The van der Waals surface area contributed by atoms with E-state index in [9.17, 15) is 0 Å². The molecule has 5 saturated carbocycles. The molecule has 5 fully saturated rings. The number of hydrogen-bond donors (Lipinski definition) is 0. The van der Waals surface area contributed by atoms with Gasteiger partial charge in [-0.1, -0.05) is 19.8 Å². The highest BCUT2D eigenvalue weighted by Gasteiger charge is 2.49. The zero-order valence-electron chi connectivity index (χ0n) is 12.2. The topological polar surface area (TPSA) is 18.5 Å². The van der Waals surface area contributed by atoms with Crippen molar-refractivity contribution in [3.63, 3.8) is 0 Å². The molecule has 2 nitrogen and oxygen atoms in total. The normalized spacial score (nSPS) is 52.6. The van der Waals surface area contributed by atoms with Crippen LogP contribution in [-0.4, -0.2) is 12.2 Å². The summed E-state index contributed by atoms with van der Waals surface area (Å²) in [6.07, 6.45) is 13.1. The first-order valence-corrected chi connectivity index (χ1v) is 8.60. The molecule has 5 aliphatic rings. The smallest absolute Gasteiger partial charge is 0.0986 e. The van der Waals surface area contributed by atoms with Gasteiger partial charge in [0.2, 0.25) is 0 Å². The third kappa shape index (κ3) is 2.47. The van der Waals surface area contributed by atoms with Crippen molar-refractivity contribution in [3.8, 4) is 0 Å². The zero-order chi connectivity index (χ0) is 12.8. The van der Waals surface area contributed by atoms with Crippen molar-refractivity contribution >= 4 is 0 Å². The van der Waals surface area contributed by atoms with Gasteiger partial charge in [-0.2, -0.15) is 0 Å². The minimum atomic E-state index is 0.376. The maximum atomic E-state index is 6.01. The Morgan fingerprint density at radius 2 is 1.42 bits per heavy atom. The van der Waals surface area contributed by atoms with Gasteiger partial charge in [-0.15, -0.1) is 0 Å². The summed E-state index contributed by atoms with van der Waals surface area (Å²) < 4.78 is 0. The molecule has 108 valence electrons. The van der Waals surface area contributed by atoms with Crippen molar-refractivity contribution in [3.05, 3.63) is 0 Å². The van der Waals surface area contributed by atoms with Crippen LogP contribution in [0.1, 0.15) is 64.7 Å². The predicted octanol–water partition coefficient (Wildman–Crippen LogP) is 4.34. The zero-order valence-corrected chi connectivity index (χ0v) is 12.2. The van der Waals surface area contributed by atoms with E-state index in [0.717, 1.165) is 29.6 Å². The maximum absolute atomic E-state index is 6.01. The van der Waals surface area contributed by atoms with Crippen molar-refractivity contribution in [2.45, 2.75) is 76.9 Å². The molecule has 5 rings (SSSR count). The van der Waals surface area contributed by atoms with Crippen molar-refractivity contribution in [2.24, 2.45) is 29.6 Å². The molecule has 0 aromatic carbocycles. The Labute approximate surface area is 117 Å². The van der Waals surface area contributed by atoms with Crippen molar-refractivity contribution in [1.29, 1.82) is 0 Å². The lowest BCUT2D eigenvalue weighted by Crippen LogP contribution is -2.49. The Kier molecular flexibility index (Phi) is 3.35. The van der Waals surface area contributed by atoms with Gasteiger partial charge in [0.25, 0.3) is 0 Å². The van der Waals surface area contributed by atoms with Crippen LogP contribution in [0.15, 0.2) is 0 Å². The summed E-state index contributed by atoms with van der Waals surface area (Å²) >= 11 is 0. The first-order chi connectivity index (χ1) is 9.28. The fourth-order valence-electron chi connectivity index (χ4n) is 5.64. The Balaban J connectivity index is 1.33. The summed E-state index contributed by atoms with van der Waals surface area (Å²) in [6, 6.07) is 0. The molecular formula is C17H28O2. The van der Waals surface area contributed by atoms with Gasteiger partial charge in [0, 0.05) is 0 Å². The predicted molar refractivity (Wildman–Crippen MR) is 74.4 cm³/mol. The summed E-state index contributed by atoms with van der Waals surface area (Å²) in [5, 5.41) is 0. The first kappa shape index (κ1) is 12.6. The van der Waals surface area contributed by atoms with Gasteiger partial charge in [-0.3, -0.25) is 0 Å². The number of rotatable bonds is 3. The highest BCUT2D eigenvalue weighted by atomic mass is 17.2. The molecule has 19 heavy (non-hydrogen) atoms. The van der Waals surface area contributed by atoms with Crippen molar-refractivity contribution < 1.29 is 9.78 Å². The Bertz CT molecular complexity index is 299. The molecule has 0 amide bonds. The highest BCUT2D eigenvalue weighted by Crippen LogP contribution is 2.54. The Morgan fingerprint density at radius 1 is 0.737 bits per heavy atom. The van der Waals surface area contributed by atoms with Crippen LogP contribution in [0.2, 0.25) is 0 Å². The van der Waals surface area contributed by atoms with Gasteiger partial charge in [0.1, 0.15) is 0 Å². The van der Waals surface area contributed by atoms with E-state index in [4.69, 9.17) is 9.78 Å². The lowest BCUT2D eigenvalue weighted by molar-refractivity contribution is -0.384. The largest absolute Gasteiger partial charge is 0.233 e. The third-order valence-electron chi connectivity index (χ3n) is 6.33. The van der Waals surface area contributed by atoms with E-state index in [1.54, 1.807) is 0 Å². The summed E-state index contributed by atoms with van der Waals surface area (Å²) in [4.78, 5) is 11.9. The van der Waals surface area contributed by atoms with E-state index >= 15 is 0 Å². The van der Waals surface area contributed by atoms with Gasteiger partial charge in [0.15, 0.2) is 0 Å². The SMILES string of the molecule is CC1CCC[C@@H](OOC2C3CC4CC(C3)CC2C4)C1. The second-order valence-electron chi connectivity index (χ2n) is 7.98. The maximum Gasteiger partial charge on any atom is 0.0986 e. The fourth-order valence-corrected chi connectivity index (χ4v) is 5.64. The molecule has 0 aliphatic heterocycles. The van der Waals surface area contributed by atoms with Crippen LogP contribution in [0, 0.1) is 29.6 Å². The molecule has 0 spiro atoms. The third-order valence-corrected chi connectivity index (χ3v) is 6.33. The minimum absolute atomic E-state index is 0.376. The molecule has 2 atom stereocenters. The van der Waals surface area contributed by atoms with Gasteiger partial charge in [0.05, 0.1) is 12.2 Å². The molecule has 4 bridgehead atoms. The highest BCUT2D eigenvalue weighted by molar-refractivity contribution is 4.98. The van der Waals surface area contributed by atoms with Crippen molar-refractivity contribution in [1.82, 2.24) is 0 Å². The quantitative estimate of drug-likeness (QED) is 0.557. The molecule has 5 aliphatic carbocycles. The molecule has 0 saturated heterocycles. The summed E-state index contributed by atoms with van der Waals surface area (Å²) in [6.45, 7) is 2.35. The van der Waals surface area contributed by atoms with Gasteiger partial charge < -0.3 is 0 Å². The van der Waals surface area contributed by atoms with E-state index in [1.165, 1.54) is 57.8 Å². The molecule has 0 heterocycles. The van der Waals surface area contributed by atoms with Crippen LogP contribution in [0.5, 0.6) is 0 Å². The average molecular weight is 264 g/mol. The van der Waals surface area contributed by atoms with E-state index < -0.39 is 0 Å². The Hall–Kier alpha value is -0.0800. The van der Waals surface area contributed by atoms with Crippen LogP contribution < -0.4 is 0 Å².